The molecule has 1 amide bonds. The van der Waals surface area contributed by atoms with E-state index in [-0.39, 0.29) is 18.2 Å². The van der Waals surface area contributed by atoms with E-state index in [1.807, 2.05) is 37.3 Å². The number of carboxylic acid groups (broad SMARTS) is 1. The van der Waals surface area contributed by atoms with Gasteiger partial charge in [0.2, 0.25) is 5.91 Å². The molecule has 0 saturated heterocycles. The first-order valence-electron chi connectivity index (χ1n) is 6.73. The molecule has 4 heteroatoms. The molecule has 0 radical (unpaired) electrons. The van der Waals surface area contributed by atoms with E-state index in [2.05, 4.69) is 5.32 Å². The summed E-state index contributed by atoms with van der Waals surface area (Å²) in [5, 5.41) is 11.7. The number of benzene rings is 2. The molecule has 2 N–H and O–H groups in total. The van der Waals surface area contributed by atoms with Gasteiger partial charge in [0.1, 0.15) is 0 Å². The van der Waals surface area contributed by atoms with Gasteiger partial charge in [0, 0.05) is 5.69 Å². The summed E-state index contributed by atoms with van der Waals surface area (Å²) >= 11 is 0. The van der Waals surface area contributed by atoms with Crippen LogP contribution < -0.4 is 5.32 Å². The van der Waals surface area contributed by atoms with E-state index in [1.165, 1.54) is 0 Å². The molecule has 1 unspecified atom stereocenters. The fraction of sp³-hybridized carbons (Fsp3) is 0.176. The summed E-state index contributed by atoms with van der Waals surface area (Å²) in [5.41, 5.74) is 2.07. The number of carboxylic acids is 1. The second kappa shape index (κ2) is 6.70. The monoisotopic (exact) mass is 283 g/mol. The summed E-state index contributed by atoms with van der Waals surface area (Å²) in [4.78, 5) is 23.1. The van der Waals surface area contributed by atoms with E-state index in [0.29, 0.717) is 11.3 Å². The number of hydrogen-bond acceptors (Lipinski definition) is 2. The number of para-hydroxylation sites is 1. The number of amides is 1. The Morgan fingerprint density at radius 1 is 1.05 bits per heavy atom. The number of anilines is 1. The van der Waals surface area contributed by atoms with Crippen LogP contribution >= 0.6 is 0 Å². The minimum Gasteiger partial charge on any atom is -0.481 e. The highest BCUT2D eigenvalue weighted by atomic mass is 16.4. The van der Waals surface area contributed by atoms with Gasteiger partial charge in [-0.3, -0.25) is 9.59 Å². The van der Waals surface area contributed by atoms with Crippen molar-refractivity contribution in [2.24, 2.45) is 0 Å². The third-order valence-electron chi connectivity index (χ3n) is 3.31. The summed E-state index contributed by atoms with van der Waals surface area (Å²) in [7, 11) is 0. The van der Waals surface area contributed by atoms with E-state index in [9.17, 15) is 9.59 Å². The molecule has 1 atom stereocenters. The fourth-order valence-corrected chi connectivity index (χ4v) is 2.09. The van der Waals surface area contributed by atoms with Gasteiger partial charge in [-0.1, -0.05) is 48.5 Å². The Kier molecular flexibility index (Phi) is 4.72. The number of aliphatic carboxylic acids is 1. The van der Waals surface area contributed by atoms with Crippen LogP contribution in [0.25, 0.3) is 0 Å². The SMILES string of the molecule is CC(C(=O)Nc1ccccc1CC(=O)O)c1ccccc1. The number of nitrogens with one attached hydrogen (secondary N) is 1. The van der Waals surface area contributed by atoms with Crippen LogP contribution in [0.15, 0.2) is 54.6 Å². The molecule has 0 saturated carbocycles. The lowest BCUT2D eigenvalue weighted by Crippen LogP contribution is -2.20. The quantitative estimate of drug-likeness (QED) is 0.886. The molecule has 0 spiro atoms. The summed E-state index contributed by atoms with van der Waals surface area (Å²) in [6.45, 7) is 1.82. The first-order valence-corrected chi connectivity index (χ1v) is 6.73. The van der Waals surface area contributed by atoms with Crippen molar-refractivity contribution >= 4 is 17.6 Å². The Labute approximate surface area is 123 Å². The lowest BCUT2D eigenvalue weighted by Gasteiger charge is -2.14. The number of rotatable bonds is 5. The molecule has 2 aromatic rings. The molecular weight excluding hydrogens is 266 g/mol. The van der Waals surface area contributed by atoms with Crippen LogP contribution in [0.4, 0.5) is 5.69 Å². The molecule has 0 fully saturated rings. The van der Waals surface area contributed by atoms with Gasteiger partial charge in [-0.2, -0.15) is 0 Å². The predicted molar refractivity (Wildman–Crippen MR) is 81.3 cm³/mol. The zero-order chi connectivity index (χ0) is 15.2. The highest BCUT2D eigenvalue weighted by Crippen LogP contribution is 2.20. The molecule has 4 nitrogen and oxygen atoms in total. The molecule has 108 valence electrons. The van der Waals surface area contributed by atoms with Crippen molar-refractivity contribution in [2.45, 2.75) is 19.3 Å². The van der Waals surface area contributed by atoms with Crippen LogP contribution in [0, 0.1) is 0 Å². The fourth-order valence-electron chi connectivity index (χ4n) is 2.09. The van der Waals surface area contributed by atoms with Crippen molar-refractivity contribution < 1.29 is 14.7 Å². The predicted octanol–water partition coefficient (Wildman–Crippen LogP) is 3.06. The van der Waals surface area contributed by atoms with E-state index >= 15 is 0 Å². The molecule has 0 heterocycles. The maximum Gasteiger partial charge on any atom is 0.307 e. The maximum atomic E-state index is 12.3. The van der Waals surface area contributed by atoms with Crippen molar-refractivity contribution in [3.05, 3.63) is 65.7 Å². The molecule has 0 aliphatic heterocycles. The maximum absolute atomic E-state index is 12.3. The van der Waals surface area contributed by atoms with Gasteiger partial charge >= 0.3 is 5.97 Å². The highest BCUT2D eigenvalue weighted by molar-refractivity contribution is 5.96. The minimum absolute atomic E-state index is 0.115. The highest BCUT2D eigenvalue weighted by Gasteiger charge is 2.16. The average molecular weight is 283 g/mol. The van der Waals surface area contributed by atoms with Crippen molar-refractivity contribution in [3.8, 4) is 0 Å². The Balaban J connectivity index is 2.14. The number of carbonyl (C=O) groups is 2. The number of carbonyl (C=O) groups excluding carboxylic acids is 1. The third-order valence-corrected chi connectivity index (χ3v) is 3.31. The van der Waals surface area contributed by atoms with Crippen molar-refractivity contribution in [3.63, 3.8) is 0 Å². The van der Waals surface area contributed by atoms with Crippen LogP contribution in [0.1, 0.15) is 24.0 Å². The van der Waals surface area contributed by atoms with E-state index in [0.717, 1.165) is 5.56 Å². The third kappa shape index (κ3) is 3.92. The van der Waals surface area contributed by atoms with Crippen LogP contribution in [0.3, 0.4) is 0 Å². The molecule has 21 heavy (non-hydrogen) atoms. The van der Waals surface area contributed by atoms with Crippen LogP contribution in [0.2, 0.25) is 0 Å². The van der Waals surface area contributed by atoms with Crippen molar-refractivity contribution in [2.75, 3.05) is 5.32 Å². The van der Waals surface area contributed by atoms with Gasteiger partial charge in [-0.15, -0.1) is 0 Å². The second-order valence-corrected chi connectivity index (χ2v) is 4.85. The van der Waals surface area contributed by atoms with E-state index < -0.39 is 5.97 Å². The van der Waals surface area contributed by atoms with Gasteiger partial charge in [0.15, 0.2) is 0 Å². The van der Waals surface area contributed by atoms with Gasteiger partial charge in [-0.25, -0.2) is 0 Å². The molecule has 0 aliphatic carbocycles. The minimum atomic E-state index is -0.923. The van der Waals surface area contributed by atoms with E-state index in [4.69, 9.17) is 5.11 Å². The first-order chi connectivity index (χ1) is 10.1. The molecular formula is C17H17NO3. The molecule has 0 aromatic heterocycles. The van der Waals surface area contributed by atoms with Crippen LogP contribution in [0.5, 0.6) is 0 Å². The zero-order valence-corrected chi connectivity index (χ0v) is 11.7. The standard InChI is InChI=1S/C17H17NO3/c1-12(13-7-3-2-4-8-13)17(21)18-15-10-6-5-9-14(15)11-16(19)20/h2-10,12H,11H2,1H3,(H,18,21)(H,19,20). The Morgan fingerprint density at radius 3 is 2.33 bits per heavy atom. The van der Waals surface area contributed by atoms with E-state index in [1.54, 1.807) is 24.3 Å². The summed E-state index contributed by atoms with van der Waals surface area (Å²) in [5.74, 6) is -1.38. The Bertz CT molecular complexity index is 637. The molecule has 0 bridgehead atoms. The molecule has 2 rings (SSSR count). The Morgan fingerprint density at radius 2 is 1.67 bits per heavy atom. The zero-order valence-electron chi connectivity index (χ0n) is 11.7. The molecule has 2 aromatic carbocycles. The summed E-state index contributed by atoms with van der Waals surface area (Å²) < 4.78 is 0. The van der Waals surface area contributed by atoms with Gasteiger partial charge in [0.05, 0.1) is 12.3 Å². The van der Waals surface area contributed by atoms with Crippen molar-refractivity contribution in [1.82, 2.24) is 0 Å². The largest absolute Gasteiger partial charge is 0.481 e. The van der Waals surface area contributed by atoms with Crippen molar-refractivity contribution in [1.29, 1.82) is 0 Å². The van der Waals surface area contributed by atoms with Crippen LogP contribution in [-0.4, -0.2) is 17.0 Å². The molecule has 0 aliphatic rings. The Hall–Kier alpha value is -2.62. The summed E-state index contributed by atoms with van der Waals surface area (Å²) in [6, 6.07) is 16.4. The van der Waals surface area contributed by atoms with Gasteiger partial charge < -0.3 is 10.4 Å². The van der Waals surface area contributed by atoms with Gasteiger partial charge in [0.25, 0.3) is 0 Å². The average Bonchev–Trinajstić information content (AvgIpc) is 2.49. The number of hydrogen-bond donors (Lipinski definition) is 2. The first kappa shape index (κ1) is 14.8. The van der Waals surface area contributed by atoms with Crippen LogP contribution in [-0.2, 0) is 16.0 Å². The topological polar surface area (TPSA) is 66.4 Å². The lowest BCUT2D eigenvalue weighted by atomic mass is 10.00. The smallest absolute Gasteiger partial charge is 0.307 e. The summed E-state index contributed by atoms with van der Waals surface area (Å²) in [6.07, 6.45) is -0.115. The van der Waals surface area contributed by atoms with Gasteiger partial charge in [-0.05, 0) is 24.1 Å². The second-order valence-electron chi connectivity index (χ2n) is 4.85. The lowest BCUT2D eigenvalue weighted by molar-refractivity contribution is -0.136. The normalized spacial score (nSPS) is 11.7.